The molecule has 2 aromatic rings. The van der Waals surface area contributed by atoms with Crippen LogP contribution in [-0.4, -0.2) is 14.8 Å². The molecule has 5 heteroatoms. The molecule has 2 rings (SSSR count). The van der Waals surface area contributed by atoms with Crippen LogP contribution in [0.5, 0.6) is 5.75 Å². The summed E-state index contributed by atoms with van der Waals surface area (Å²) in [5.41, 5.74) is 0.751. The second-order valence-electron chi connectivity index (χ2n) is 3.06. The van der Waals surface area contributed by atoms with Gasteiger partial charge in [-0.25, -0.2) is 4.98 Å². The van der Waals surface area contributed by atoms with E-state index in [-0.39, 0.29) is 12.4 Å². The summed E-state index contributed by atoms with van der Waals surface area (Å²) in [7, 11) is 1.81. The van der Waals surface area contributed by atoms with Gasteiger partial charge in [-0.05, 0) is 18.2 Å². The highest BCUT2D eigenvalue weighted by Crippen LogP contribution is 2.14. The van der Waals surface area contributed by atoms with Gasteiger partial charge in [0, 0.05) is 19.4 Å². The summed E-state index contributed by atoms with van der Waals surface area (Å²) >= 11 is 0. The predicted octanol–water partition coefficient (Wildman–Crippen LogP) is 1.53. The van der Waals surface area contributed by atoms with Crippen molar-refractivity contribution in [2.24, 2.45) is 7.05 Å². The van der Waals surface area contributed by atoms with Crippen LogP contribution in [0.2, 0.25) is 0 Å². The topological polar surface area (TPSA) is 39.9 Å². The Bertz CT molecular complexity index is 455. The van der Waals surface area contributed by atoms with Gasteiger partial charge in [0.15, 0.2) is 5.75 Å². The fraction of sp³-hybridized carbons (Fsp3) is 0.200. The van der Waals surface area contributed by atoms with Crippen LogP contribution >= 0.6 is 0 Å². The average molecular weight is 207 g/mol. The number of nitrogens with zero attached hydrogens (tertiary/aromatic N) is 3. The van der Waals surface area contributed by atoms with Crippen molar-refractivity contribution in [1.29, 1.82) is 0 Å². The Morgan fingerprint density at radius 3 is 3.00 bits per heavy atom. The smallest absolute Gasteiger partial charge is 0.255 e. The molecule has 0 unspecified atom stereocenters. The molecule has 0 aliphatic heterocycles. The van der Waals surface area contributed by atoms with Gasteiger partial charge in [-0.15, -0.1) is 0 Å². The van der Waals surface area contributed by atoms with E-state index in [9.17, 15) is 4.39 Å². The van der Waals surface area contributed by atoms with Crippen molar-refractivity contribution in [1.82, 2.24) is 14.8 Å². The van der Waals surface area contributed by atoms with Crippen LogP contribution in [0.15, 0.2) is 30.6 Å². The molecule has 4 nitrogen and oxygen atoms in total. The van der Waals surface area contributed by atoms with E-state index in [1.165, 1.54) is 12.3 Å². The number of pyridine rings is 1. The summed E-state index contributed by atoms with van der Waals surface area (Å²) in [6, 6.07) is 4.97. The highest BCUT2D eigenvalue weighted by molar-refractivity contribution is 5.18. The van der Waals surface area contributed by atoms with E-state index in [0.717, 1.165) is 5.69 Å². The quantitative estimate of drug-likeness (QED) is 0.716. The number of hydrogen-bond donors (Lipinski definition) is 0. The van der Waals surface area contributed by atoms with Crippen molar-refractivity contribution in [3.05, 3.63) is 42.2 Å². The van der Waals surface area contributed by atoms with Gasteiger partial charge in [0.2, 0.25) is 0 Å². The predicted molar refractivity (Wildman–Crippen MR) is 51.7 cm³/mol. The van der Waals surface area contributed by atoms with Crippen molar-refractivity contribution < 1.29 is 9.13 Å². The number of aryl methyl sites for hydroxylation is 1. The van der Waals surface area contributed by atoms with Crippen LogP contribution in [0.4, 0.5) is 4.39 Å². The summed E-state index contributed by atoms with van der Waals surface area (Å²) in [5.74, 6) is -0.461. The van der Waals surface area contributed by atoms with E-state index in [4.69, 9.17) is 4.74 Å². The molecular weight excluding hydrogens is 197 g/mol. The second-order valence-corrected chi connectivity index (χ2v) is 3.06. The lowest BCUT2D eigenvalue weighted by Gasteiger charge is -2.03. The van der Waals surface area contributed by atoms with Gasteiger partial charge >= 0.3 is 0 Å². The van der Waals surface area contributed by atoms with Crippen LogP contribution in [0.1, 0.15) is 5.69 Å². The molecule has 0 aliphatic carbocycles. The highest BCUT2D eigenvalue weighted by atomic mass is 19.1. The molecule has 0 aromatic carbocycles. The summed E-state index contributed by atoms with van der Waals surface area (Å²) in [4.78, 5) is 3.48. The molecular formula is C10H10FN3O. The van der Waals surface area contributed by atoms with Gasteiger partial charge in [0.1, 0.15) is 6.61 Å². The van der Waals surface area contributed by atoms with Gasteiger partial charge in [0.05, 0.1) is 5.69 Å². The molecule has 0 saturated heterocycles. The summed E-state index contributed by atoms with van der Waals surface area (Å²) < 4.78 is 19.9. The molecule has 15 heavy (non-hydrogen) atoms. The Morgan fingerprint density at radius 1 is 1.47 bits per heavy atom. The molecule has 0 amide bonds. The minimum atomic E-state index is -0.603. The molecule has 0 N–H and O–H groups in total. The van der Waals surface area contributed by atoms with Crippen molar-refractivity contribution in [3.63, 3.8) is 0 Å². The Morgan fingerprint density at radius 2 is 2.33 bits per heavy atom. The number of halogens is 1. The zero-order chi connectivity index (χ0) is 10.7. The third kappa shape index (κ3) is 2.31. The summed E-state index contributed by atoms with van der Waals surface area (Å²) in [5, 5.41) is 4.10. The first-order chi connectivity index (χ1) is 7.25. The molecule has 0 bridgehead atoms. The lowest BCUT2D eigenvalue weighted by molar-refractivity contribution is 0.280. The Balaban J connectivity index is 2.02. The molecule has 0 aliphatic rings. The molecule has 2 aromatic heterocycles. The monoisotopic (exact) mass is 207 g/mol. The molecule has 78 valence electrons. The van der Waals surface area contributed by atoms with Crippen molar-refractivity contribution in [2.75, 3.05) is 0 Å². The fourth-order valence-electron chi connectivity index (χ4n) is 1.17. The van der Waals surface area contributed by atoms with Crippen LogP contribution in [0.25, 0.3) is 0 Å². The number of aromatic nitrogens is 3. The average Bonchev–Trinajstić information content (AvgIpc) is 2.63. The van der Waals surface area contributed by atoms with Gasteiger partial charge in [-0.3, -0.25) is 4.68 Å². The Labute approximate surface area is 86.3 Å². The first kappa shape index (κ1) is 9.64. The van der Waals surface area contributed by atoms with Gasteiger partial charge in [0.25, 0.3) is 5.95 Å². The van der Waals surface area contributed by atoms with E-state index >= 15 is 0 Å². The lowest BCUT2D eigenvalue weighted by Crippen LogP contribution is -2.00. The number of hydrogen-bond acceptors (Lipinski definition) is 3. The molecule has 0 fully saturated rings. The lowest BCUT2D eigenvalue weighted by atomic mass is 10.4. The van der Waals surface area contributed by atoms with Gasteiger partial charge in [-0.1, -0.05) is 0 Å². The van der Waals surface area contributed by atoms with Crippen molar-refractivity contribution in [3.8, 4) is 5.75 Å². The molecule has 0 spiro atoms. The van der Waals surface area contributed by atoms with Crippen LogP contribution < -0.4 is 4.74 Å². The maximum absolute atomic E-state index is 13.0. The molecule has 0 saturated carbocycles. The normalized spacial score (nSPS) is 10.3. The third-order valence-corrected chi connectivity index (χ3v) is 1.87. The van der Waals surface area contributed by atoms with E-state index in [1.54, 1.807) is 16.9 Å². The summed E-state index contributed by atoms with van der Waals surface area (Å²) in [6.45, 7) is 0.240. The maximum Gasteiger partial charge on any atom is 0.255 e. The van der Waals surface area contributed by atoms with E-state index in [2.05, 4.69) is 10.1 Å². The molecule has 0 atom stereocenters. The minimum Gasteiger partial charge on any atom is -0.482 e. The van der Waals surface area contributed by atoms with Crippen LogP contribution in [-0.2, 0) is 13.7 Å². The molecule has 2 heterocycles. The van der Waals surface area contributed by atoms with Crippen LogP contribution in [0.3, 0.4) is 0 Å². The standard InChI is InChI=1S/C10H10FN3O/c1-14-6-4-8(13-14)7-15-9-3-2-5-12-10(9)11/h2-6H,7H2,1H3. The second kappa shape index (κ2) is 4.08. The number of rotatable bonds is 3. The van der Waals surface area contributed by atoms with Crippen molar-refractivity contribution in [2.45, 2.75) is 6.61 Å². The number of ether oxygens (including phenoxy) is 1. The zero-order valence-corrected chi connectivity index (χ0v) is 8.22. The van der Waals surface area contributed by atoms with Gasteiger partial charge < -0.3 is 4.74 Å². The first-order valence-electron chi connectivity index (χ1n) is 4.47. The zero-order valence-electron chi connectivity index (χ0n) is 8.22. The van der Waals surface area contributed by atoms with E-state index in [1.807, 2.05) is 13.1 Å². The van der Waals surface area contributed by atoms with E-state index < -0.39 is 5.95 Å². The highest BCUT2D eigenvalue weighted by Gasteiger charge is 2.04. The molecule has 0 radical (unpaired) electrons. The van der Waals surface area contributed by atoms with E-state index in [0.29, 0.717) is 0 Å². The Hall–Kier alpha value is -1.91. The van der Waals surface area contributed by atoms with Crippen LogP contribution in [0, 0.1) is 5.95 Å². The SMILES string of the molecule is Cn1ccc(COc2cccnc2F)n1. The Kier molecular flexibility index (Phi) is 2.62. The summed E-state index contributed by atoms with van der Waals surface area (Å²) in [6.07, 6.45) is 3.18. The first-order valence-corrected chi connectivity index (χ1v) is 4.47. The largest absolute Gasteiger partial charge is 0.482 e. The third-order valence-electron chi connectivity index (χ3n) is 1.87. The minimum absolute atomic E-state index is 0.142. The van der Waals surface area contributed by atoms with Gasteiger partial charge in [-0.2, -0.15) is 9.49 Å². The maximum atomic E-state index is 13.0. The van der Waals surface area contributed by atoms with Crippen molar-refractivity contribution >= 4 is 0 Å². The fourth-order valence-corrected chi connectivity index (χ4v) is 1.17.